The van der Waals surface area contributed by atoms with Crippen LogP contribution in [-0.2, 0) is 5.41 Å². The van der Waals surface area contributed by atoms with Gasteiger partial charge < -0.3 is 0 Å². The minimum absolute atomic E-state index is 0.116. The molecule has 0 radical (unpaired) electrons. The van der Waals surface area contributed by atoms with Crippen molar-refractivity contribution in [1.82, 2.24) is 0 Å². The molecule has 0 heteroatoms. The van der Waals surface area contributed by atoms with Crippen LogP contribution in [-0.4, -0.2) is 0 Å². The summed E-state index contributed by atoms with van der Waals surface area (Å²) in [7, 11) is 0. The van der Waals surface area contributed by atoms with Gasteiger partial charge in [0.1, 0.15) is 0 Å². The molecule has 1 atom stereocenters. The minimum Gasteiger partial charge on any atom is -0.0905 e. The summed E-state index contributed by atoms with van der Waals surface area (Å²) in [6, 6.07) is 8.56. The zero-order valence-corrected chi connectivity index (χ0v) is 8.12. The molecular weight excluding hydrogens is 156 g/mol. The van der Waals surface area contributed by atoms with Crippen molar-refractivity contribution in [2.45, 2.75) is 19.3 Å². The fraction of sp³-hybridized carbons (Fsp3) is 0.231. The first-order valence-corrected chi connectivity index (χ1v) is 4.69. The maximum absolute atomic E-state index is 2.26. The van der Waals surface area contributed by atoms with E-state index in [-0.39, 0.29) is 5.41 Å². The molecule has 0 spiro atoms. The summed E-state index contributed by atoms with van der Waals surface area (Å²) in [4.78, 5) is 0. The van der Waals surface area contributed by atoms with Gasteiger partial charge in [0, 0.05) is 5.41 Å². The Labute approximate surface area is 79.6 Å². The van der Waals surface area contributed by atoms with Crippen molar-refractivity contribution in [2.24, 2.45) is 0 Å². The summed E-state index contributed by atoms with van der Waals surface area (Å²) in [5.74, 6) is 0. The van der Waals surface area contributed by atoms with Crippen LogP contribution in [0.1, 0.15) is 25.0 Å². The standard InChI is InChI=1S/C13H14/c1-3-9-13(2)10-8-11-6-4-5-7-12(11)13/h3-10H,1-2H3. The minimum atomic E-state index is 0.116. The lowest BCUT2D eigenvalue weighted by Crippen LogP contribution is -2.12. The molecule has 1 aliphatic carbocycles. The number of benzene rings is 1. The number of allylic oxidation sites excluding steroid dienone is 3. The van der Waals surface area contributed by atoms with E-state index in [2.05, 4.69) is 62.4 Å². The normalized spacial score (nSPS) is 25.4. The lowest BCUT2D eigenvalue weighted by atomic mass is 9.84. The lowest BCUT2D eigenvalue weighted by molar-refractivity contribution is 0.772. The van der Waals surface area contributed by atoms with E-state index in [1.54, 1.807) is 0 Å². The lowest BCUT2D eigenvalue weighted by Gasteiger charge is -2.19. The van der Waals surface area contributed by atoms with E-state index in [1.165, 1.54) is 11.1 Å². The van der Waals surface area contributed by atoms with Gasteiger partial charge in [-0.1, -0.05) is 48.6 Å². The van der Waals surface area contributed by atoms with Crippen LogP contribution in [0.15, 0.2) is 42.5 Å². The van der Waals surface area contributed by atoms with Crippen molar-refractivity contribution in [3.05, 3.63) is 53.6 Å². The van der Waals surface area contributed by atoms with Gasteiger partial charge in [-0.3, -0.25) is 0 Å². The first-order valence-electron chi connectivity index (χ1n) is 4.69. The van der Waals surface area contributed by atoms with Crippen LogP contribution < -0.4 is 0 Å². The van der Waals surface area contributed by atoms with Gasteiger partial charge in [0.15, 0.2) is 0 Å². The molecule has 1 aromatic rings. The summed E-state index contributed by atoms with van der Waals surface area (Å²) in [6.45, 7) is 4.31. The van der Waals surface area contributed by atoms with E-state index in [9.17, 15) is 0 Å². The third-order valence-electron chi connectivity index (χ3n) is 2.66. The van der Waals surface area contributed by atoms with Crippen LogP contribution in [0.25, 0.3) is 6.08 Å². The third-order valence-corrected chi connectivity index (χ3v) is 2.66. The Morgan fingerprint density at radius 1 is 1.23 bits per heavy atom. The summed E-state index contributed by atoms with van der Waals surface area (Å²) in [5, 5.41) is 0. The number of hydrogen-bond donors (Lipinski definition) is 0. The average Bonchev–Trinajstić information content (AvgIpc) is 2.46. The maximum Gasteiger partial charge on any atom is 0.0292 e. The highest BCUT2D eigenvalue weighted by Gasteiger charge is 2.25. The van der Waals surface area contributed by atoms with Gasteiger partial charge in [-0.2, -0.15) is 0 Å². The Bertz CT molecular complexity index is 371. The van der Waals surface area contributed by atoms with Gasteiger partial charge in [-0.25, -0.2) is 0 Å². The van der Waals surface area contributed by atoms with Crippen molar-refractivity contribution < 1.29 is 0 Å². The fourth-order valence-corrected chi connectivity index (χ4v) is 1.98. The zero-order valence-electron chi connectivity index (χ0n) is 8.12. The highest BCUT2D eigenvalue weighted by atomic mass is 14.3. The van der Waals surface area contributed by atoms with E-state index < -0.39 is 0 Å². The summed E-state index contributed by atoms with van der Waals surface area (Å²) < 4.78 is 0. The van der Waals surface area contributed by atoms with Crippen LogP contribution in [0, 0.1) is 0 Å². The molecule has 1 aliphatic rings. The Hall–Kier alpha value is -1.30. The van der Waals surface area contributed by atoms with Crippen molar-refractivity contribution in [3.8, 4) is 0 Å². The van der Waals surface area contributed by atoms with Gasteiger partial charge in [-0.15, -0.1) is 0 Å². The maximum atomic E-state index is 2.26. The Kier molecular flexibility index (Phi) is 1.84. The average molecular weight is 170 g/mol. The predicted octanol–water partition coefficient (Wildman–Crippen LogP) is 3.55. The second kappa shape index (κ2) is 2.88. The first kappa shape index (κ1) is 8.31. The van der Waals surface area contributed by atoms with Crippen molar-refractivity contribution in [1.29, 1.82) is 0 Å². The van der Waals surface area contributed by atoms with Gasteiger partial charge in [0.05, 0.1) is 0 Å². The second-order valence-electron chi connectivity index (χ2n) is 3.70. The first-order chi connectivity index (χ1) is 6.26. The molecule has 0 bridgehead atoms. The predicted molar refractivity (Wildman–Crippen MR) is 57.6 cm³/mol. The molecule has 66 valence electrons. The van der Waals surface area contributed by atoms with Crippen molar-refractivity contribution >= 4 is 6.08 Å². The number of rotatable bonds is 1. The molecule has 0 aromatic heterocycles. The Balaban J connectivity index is 2.54. The van der Waals surface area contributed by atoms with Crippen LogP contribution in [0.2, 0.25) is 0 Å². The molecule has 0 amide bonds. The Morgan fingerprint density at radius 2 is 2.00 bits per heavy atom. The van der Waals surface area contributed by atoms with E-state index in [0.29, 0.717) is 0 Å². The van der Waals surface area contributed by atoms with Crippen LogP contribution >= 0.6 is 0 Å². The molecule has 0 N–H and O–H groups in total. The van der Waals surface area contributed by atoms with Gasteiger partial charge >= 0.3 is 0 Å². The van der Waals surface area contributed by atoms with Crippen molar-refractivity contribution in [3.63, 3.8) is 0 Å². The largest absolute Gasteiger partial charge is 0.0905 e. The quantitative estimate of drug-likeness (QED) is 0.565. The molecule has 0 saturated carbocycles. The molecule has 2 rings (SSSR count). The molecule has 0 aliphatic heterocycles. The molecule has 0 nitrogen and oxygen atoms in total. The second-order valence-corrected chi connectivity index (χ2v) is 3.70. The smallest absolute Gasteiger partial charge is 0.0292 e. The molecule has 1 unspecified atom stereocenters. The summed E-state index contributed by atoms with van der Waals surface area (Å²) in [6.07, 6.45) is 8.83. The fourth-order valence-electron chi connectivity index (χ4n) is 1.98. The molecule has 0 saturated heterocycles. The topological polar surface area (TPSA) is 0 Å². The van der Waals surface area contributed by atoms with E-state index in [0.717, 1.165) is 0 Å². The molecular formula is C13H14. The van der Waals surface area contributed by atoms with Gasteiger partial charge in [-0.05, 0) is 25.0 Å². The third kappa shape index (κ3) is 1.23. The number of hydrogen-bond acceptors (Lipinski definition) is 0. The van der Waals surface area contributed by atoms with Gasteiger partial charge in [0.2, 0.25) is 0 Å². The molecule has 0 heterocycles. The van der Waals surface area contributed by atoms with Crippen molar-refractivity contribution in [2.75, 3.05) is 0 Å². The van der Waals surface area contributed by atoms with E-state index in [4.69, 9.17) is 0 Å². The van der Waals surface area contributed by atoms with Gasteiger partial charge in [0.25, 0.3) is 0 Å². The molecule has 13 heavy (non-hydrogen) atoms. The highest BCUT2D eigenvalue weighted by molar-refractivity contribution is 5.66. The summed E-state index contributed by atoms with van der Waals surface area (Å²) in [5.41, 5.74) is 2.88. The zero-order chi connectivity index (χ0) is 9.31. The monoisotopic (exact) mass is 170 g/mol. The van der Waals surface area contributed by atoms with E-state index in [1.807, 2.05) is 0 Å². The van der Waals surface area contributed by atoms with Crippen LogP contribution in [0.4, 0.5) is 0 Å². The summed E-state index contributed by atoms with van der Waals surface area (Å²) >= 11 is 0. The molecule has 0 fully saturated rings. The highest BCUT2D eigenvalue weighted by Crippen LogP contribution is 2.36. The van der Waals surface area contributed by atoms with Crippen LogP contribution in [0.5, 0.6) is 0 Å². The van der Waals surface area contributed by atoms with E-state index >= 15 is 0 Å². The molecule has 1 aromatic carbocycles. The Morgan fingerprint density at radius 3 is 2.77 bits per heavy atom. The number of fused-ring (bicyclic) bond motifs is 1. The SMILES string of the molecule is CC=CC1(C)C=Cc2ccccc21. The van der Waals surface area contributed by atoms with Crippen LogP contribution in [0.3, 0.4) is 0 Å².